The normalized spacial score (nSPS) is 29.1. The van der Waals surface area contributed by atoms with Crippen molar-refractivity contribution in [3.63, 3.8) is 0 Å². The predicted molar refractivity (Wildman–Crippen MR) is 59.1 cm³/mol. The molecule has 0 aromatic carbocycles. The Morgan fingerprint density at radius 2 is 1.57 bits per heavy atom. The molecule has 1 rings (SSSR count). The Morgan fingerprint density at radius 1 is 1.14 bits per heavy atom. The van der Waals surface area contributed by atoms with Crippen LogP contribution in [0.1, 0.15) is 53.9 Å². The van der Waals surface area contributed by atoms with Crippen LogP contribution in [0.25, 0.3) is 0 Å². The van der Waals surface area contributed by atoms with Gasteiger partial charge in [0.2, 0.25) is 5.91 Å². The summed E-state index contributed by atoms with van der Waals surface area (Å²) in [5, 5.41) is 0. The molecule has 82 valence electrons. The van der Waals surface area contributed by atoms with Gasteiger partial charge in [-0.2, -0.15) is 0 Å². The highest BCUT2D eigenvalue weighted by Crippen LogP contribution is 2.28. The molecule has 0 bridgehead atoms. The van der Waals surface area contributed by atoms with Crippen LogP contribution in [-0.4, -0.2) is 22.9 Å². The summed E-state index contributed by atoms with van der Waals surface area (Å²) in [5.74, 6) is 0.303. The summed E-state index contributed by atoms with van der Waals surface area (Å²) >= 11 is 0. The molecule has 1 aliphatic heterocycles. The topological polar surface area (TPSA) is 20.3 Å². The van der Waals surface area contributed by atoms with Gasteiger partial charge in [0.05, 0.1) is 0 Å². The standard InChI is InChI=1S/C12H23NO/c1-9-7-6-8-10(2)13(9)11(14)12(3,4)5/h9-10H,6-8H2,1-5H3/t9-,10-/m1/s1. The third-order valence-electron chi connectivity index (χ3n) is 3.07. The number of carbonyl (C=O) groups is 1. The van der Waals surface area contributed by atoms with Gasteiger partial charge in [0.25, 0.3) is 0 Å². The van der Waals surface area contributed by atoms with Crippen LogP contribution in [0, 0.1) is 5.41 Å². The van der Waals surface area contributed by atoms with E-state index in [-0.39, 0.29) is 5.41 Å². The van der Waals surface area contributed by atoms with Crippen molar-refractivity contribution >= 4 is 5.91 Å². The van der Waals surface area contributed by atoms with Crippen molar-refractivity contribution in [2.75, 3.05) is 0 Å². The first-order chi connectivity index (χ1) is 6.34. The smallest absolute Gasteiger partial charge is 0.228 e. The molecule has 0 aromatic rings. The number of likely N-dealkylation sites (tertiary alicyclic amines) is 1. The van der Waals surface area contributed by atoms with Crippen molar-refractivity contribution in [3.05, 3.63) is 0 Å². The molecule has 0 spiro atoms. The number of hydrogen-bond donors (Lipinski definition) is 0. The lowest BCUT2D eigenvalue weighted by atomic mass is 9.89. The van der Waals surface area contributed by atoms with Gasteiger partial charge in [-0.05, 0) is 33.1 Å². The molecule has 2 nitrogen and oxygen atoms in total. The molecule has 0 radical (unpaired) electrons. The number of piperidine rings is 1. The fraction of sp³-hybridized carbons (Fsp3) is 0.917. The molecule has 1 heterocycles. The van der Waals surface area contributed by atoms with E-state index >= 15 is 0 Å². The molecule has 0 aromatic heterocycles. The van der Waals surface area contributed by atoms with E-state index in [0.717, 1.165) is 12.8 Å². The van der Waals surface area contributed by atoms with E-state index in [1.54, 1.807) is 0 Å². The van der Waals surface area contributed by atoms with Crippen molar-refractivity contribution in [3.8, 4) is 0 Å². The number of amides is 1. The molecule has 1 amide bonds. The van der Waals surface area contributed by atoms with Crippen molar-refractivity contribution < 1.29 is 4.79 Å². The van der Waals surface area contributed by atoms with Crippen LogP contribution in [-0.2, 0) is 4.79 Å². The van der Waals surface area contributed by atoms with Crippen LogP contribution in [0.2, 0.25) is 0 Å². The van der Waals surface area contributed by atoms with Crippen LogP contribution in [0.3, 0.4) is 0 Å². The Hall–Kier alpha value is -0.530. The van der Waals surface area contributed by atoms with Crippen molar-refractivity contribution in [2.45, 2.75) is 66.0 Å². The molecule has 0 saturated carbocycles. The van der Waals surface area contributed by atoms with Crippen molar-refractivity contribution in [1.29, 1.82) is 0 Å². The summed E-state index contributed by atoms with van der Waals surface area (Å²) in [6.45, 7) is 10.3. The number of rotatable bonds is 0. The maximum atomic E-state index is 12.2. The molecule has 1 saturated heterocycles. The lowest BCUT2D eigenvalue weighted by Gasteiger charge is -2.42. The Balaban J connectivity index is 2.78. The summed E-state index contributed by atoms with van der Waals surface area (Å²) in [5.41, 5.74) is -0.236. The minimum atomic E-state index is -0.236. The van der Waals surface area contributed by atoms with Crippen LogP contribution < -0.4 is 0 Å². The first-order valence-corrected chi connectivity index (χ1v) is 5.67. The van der Waals surface area contributed by atoms with Crippen LogP contribution in [0.5, 0.6) is 0 Å². The Bertz CT molecular complexity index is 207. The first-order valence-electron chi connectivity index (χ1n) is 5.67. The van der Waals surface area contributed by atoms with Gasteiger partial charge in [0.1, 0.15) is 0 Å². The zero-order chi connectivity index (χ0) is 10.9. The average Bonchev–Trinajstić information content (AvgIpc) is 2.01. The highest BCUT2D eigenvalue weighted by Gasteiger charge is 2.34. The quantitative estimate of drug-likeness (QED) is 0.585. The third kappa shape index (κ3) is 2.28. The zero-order valence-electron chi connectivity index (χ0n) is 10.1. The largest absolute Gasteiger partial charge is 0.337 e. The highest BCUT2D eigenvalue weighted by molar-refractivity contribution is 5.82. The minimum absolute atomic E-state index is 0.236. The average molecular weight is 197 g/mol. The van der Waals surface area contributed by atoms with Gasteiger partial charge < -0.3 is 4.90 Å². The molecule has 2 heteroatoms. The van der Waals surface area contributed by atoms with Gasteiger partial charge in [0.15, 0.2) is 0 Å². The number of hydrogen-bond acceptors (Lipinski definition) is 1. The fourth-order valence-electron chi connectivity index (χ4n) is 2.21. The Labute approximate surface area is 87.7 Å². The lowest BCUT2D eigenvalue weighted by molar-refractivity contribution is -0.145. The van der Waals surface area contributed by atoms with Gasteiger partial charge >= 0.3 is 0 Å². The number of nitrogens with zero attached hydrogens (tertiary/aromatic N) is 1. The van der Waals surface area contributed by atoms with Gasteiger partial charge in [-0.1, -0.05) is 20.8 Å². The maximum Gasteiger partial charge on any atom is 0.228 e. The second kappa shape index (κ2) is 3.92. The molecule has 0 N–H and O–H groups in total. The maximum absolute atomic E-state index is 12.2. The summed E-state index contributed by atoms with van der Waals surface area (Å²) in [6, 6.07) is 0.843. The number of carbonyl (C=O) groups excluding carboxylic acids is 1. The fourth-order valence-corrected chi connectivity index (χ4v) is 2.21. The summed E-state index contributed by atoms with van der Waals surface area (Å²) in [6.07, 6.45) is 3.58. The van der Waals surface area contributed by atoms with Crippen molar-refractivity contribution in [2.24, 2.45) is 5.41 Å². The molecule has 1 aliphatic rings. The summed E-state index contributed by atoms with van der Waals surface area (Å²) in [7, 11) is 0. The van der Waals surface area contributed by atoms with Gasteiger partial charge in [-0.15, -0.1) is 0 Å². The van der Waals surface area contributed by atoms with E-state index < -0.39 is 0 Å². The molecule has 0 unspecified atom stereocenters. The monoisotopic (exact) mass is 197 g/mol. The van der Waals surface area contributed by atoms with Gasteiger partial charge in [0, 0.05) is 17.5 Å². The summed E-state index contributed by atoms with van der Waals surface area (Å²) in [4.78, 5) is 14.3. The minimum Gasteiger partial charge on any atom is -0.337 e. The SMILES string of the molecule is C[C@@H]1CCC[C@@H](C)N1C(=O)C(C)(C)C. The molecular formula is C12H23NO. The molecular weight excluding hydrogens is 174 g/mol. The van der Waals surface area contributed by atoms with Crippen LogP contribution in [0.15, 0.2) is 0 Å². The van der Waals surface area contributed by atoms with E-state index in [2.05, 4.69) is 18.7 Å². The van der Waals surface area contributed by atoms with E-state index in [0.29, 0.717) is 18.0 Å². The van der Waals surface area contributed by atoms with E-state index in [1.807, 2.05) is 20.8 Å². The second-order valence-corrected chi connectivity index (χ2v) is 5.59. The molecule has 1 fully saturated rings. The van der Waals surface area contributed by atoms with Crippen LogP contribution >= 0.6 is 0 Å². The predicted octanol–water partition coefficient (Wildman–Crippen LogP) is 2.82. The molecule has 0 aliphatic carbocycles. The van der Waals surface area contributed by atoms with Gasteiger partial charge in [-0.25, -0.2) is 0 Å². The van der Waals surface area contributed by atoms with E-state index in [9.17, 15) is 4.79 Å². The third-order valence-corrected chi connectivity index (χ3v) is 3.07. The highest BCUT2D eigenvalue weighted by atomic mass is 16.2. The van der Waals surface area contributed by atoms with E-state index in [4.69, 9.17) is 0 Å². The molecule has 2 atom stereocenters. The van der Waals surface area contributed by atoms with E-state index in [1.165, 1.54) is 6.42 Å². The molecule has 14 heavy (non-hydrogen) atoms. The summed E-state index contributed by atoms with van der Waals surface area (Å²) < 4.78 is 0. The lowest BCUT2D eigenvalue weighted by Crippen LogP contribution is -2.51. The van der Waals surface area contributed by atoms with Gasteiger partial charge in [-0.3, -0.25) is 4.79 Å². The Morgan fingerprint density at radius 3 is 1.93 bits per heavy atom. The van der Waals surface area contributed by atoms with Crippen molar-refractivity contribution in [1.82, 2.24) is 4.90 Å². The zero-order valence-corrected chi connectivity index (χ0v) is 10.1. The first kappa shape index (κ1) is 11.5. The second-order valence-electron chi connectivity index (χ2n) is 5.59. The van der Waals surface area contributed by atoms with Crippen LogP contribution in [0.4, 0.5) is 0 Å². The Kier molecular flexibility index (Phi) is 3.23.